The Kier molecular flexibility index (Phi) is 5.69. The van der Waals surface area contributed by atoms with E-state index in [0.29, 0.717) is 37.3 Å². The molecule has 0 saturated carbocycles. The van der Waals surface area contributed by atoms with Crippen LogP contribution in [0.3, 0.4) is 0 Å². The molecule has 0 spiro atoms. The second kappa shape index (κ2) is 8.43. The molecule has 4 heterocycles. The van der Waals surface area contributed by atoms with Crippen LogP contribution in [-0.4, -0.2) is 51.9 Å². The summed E-state index contributed by atoms with van der Waals surface area (Å²) >= 11 is 0. The molecule has 0 unspecified atom stereocenters. The van der Waals surface area contributed by atoms with Gasteiger partial charge >= 0.3 is 0 Å². The fraction of sp³-hybridized carbons (Fsp3) is 0.364. The molecule has 3 aromatic rings. The number of carbonyl (C=O) groups is 1. The van der Waals surface area contributed by atoms with Gasteiger partial charge in [-0.2, -0.15) is 4.39 Å². The molecule has 162 valence electrons. The molecule has 3 aromatic heterocycles. The Labute approximate surface area is 178 Å². The van der Waals surface area contributed by atoms with Crippen molar-refractivity contribution in [1.29, 1.82) is 0 Å². The summed E-state index contributed by atoms with van der Waals surface area (Å²) in [5.41, 5.74) is 8.50. The fourth-order valence-corrected chi connectivity index (χ4v) is 3.96. The summed E-state index contributed by atoms with van der Waals surface area (Å²) in [5.74, 6) is -1.41. The summed E-state index contributed by atoms with van der Waals surface area (Å²) in [5, 5.41) is 0.919. The SMILES string of the molecule is CCc1cc2cnc(CN3CCN(c4cc(C)c(C(N)=O)nc4F)CC3)cc2[nH]c1=O. The number of nitrogens with one attached hydrogen (secondary N) is 1. The van der Waals surface area contributed by atoms with Gasteiger partial charge in [0.1, 0.15) is 5.69 Å². The number of aryl methyl sites for hydroxylation is 2. The van der Waals surface area contributed by atoms with Crippen LogP contribution in [0.15, 0.2) is 29.2 Å². The average molecular weight is 424 g/mol. The first-order valence-electron chi connectivity index (χ1n) is 10.3. The number of aromatic amines is 1. The predicted molar refractivity (Wildman–Crippen MR) is 117 cm³/mol. The zero-order valence-corrected chi connectivity index (χ0v) is 17.6. The lowest BCUT2D eigenvalue weighted by atomic mass is 10.1. The first-order valence-corrected chi connectivity index (χ1v) is 10.3. The smallest absolute Gasteiger partial charge is 0.267 e. The van der Waals surface area contributed by atoms with Crippen molar-refractivity contribution in [3.05, 3.63) is 63.2 Å². The Bertz CT molecular complexity index is 1200. The zero-order valence-electron chi connectivity index (χ0n) is 17.6. The van der Waals surface area contributed by atoms with Crippen LogP contribution in [0, 0.1) is 12.9 Å². The van der Waals surface area contributed by atoms with Gasteiger partial charge in [0.25, 0.3) is 11.5 Å². The van der Waals surface area contributed by atoms with Crippen LogP contribution in [0.5, 0.6) is 0 Å². The van der Waals surface area contributed by atoms with E-state index in [2.05, 4.69) is 19.9 Å². The first-order chi connectivity index (χ1) is 14.9. The average Bonchev–Trinajstić information content (AvgIpc) is 2.75. The lowest BCUT2D eigenvalue weighted by Crippen LogP contribution is -2.46. The Balaban J connectivity index is 1.44. The number of anilines is 1. The van der Waals surface area contributed by atoms with Crippen molar-refractivity contribution in [3.63, 3.8) is 0 Å². The zero-order chi connectivity index (χ0) is 22.1. The van der Waals surface area contributed by atoms with E-state index < -0.39 is 11.9 Å². The number of carbonyl (C=O) groups excluding carboxylic acids is 1. The number of aromatic nitrogens is 3. The molecule has 0 radical (unpaired) electrons. The number of nitrogens with zero attached hydrogens (tertiary/aromatic N) is 4. The number of pyridine rings is 3. The highest BCUT2D eigenvalue weighted by Gasteiger charge is 2.22. The van der Waals surface area contributed by atoms with Crippen LogP contribution < -0.4 is 16.2 Å². The van der Waals surface area contributed by atoms with Crippen molar-refractivity contribution in [3.8, 4) is 0 Å². The van der Waals surface area contributed by atoms with Gasteiger partial charge in [-0.25, -0.2) is 4.98 Å². The maximum atomic E-state index is 14.4. The molecular weight excluding hydrogens is 399 g/mol. The highest BCUT2D eigenvalue weighted by molar-refractivity contribution is 5.92. The molecule has 0 aliphatic carbocycles. The summed E-state index contributed by atoms with van der Waals surface area (Å²) in [7, 11) is 0. The summed E-state index contributed by atoms with van der Waals surface area (Å²) in [6, 6.07) is 5.43. The molecule has 1 fully saturated rings. The Morgan fingerprint density at radius 1 is 1.23 bits per heavy atom. The van der Waals surface area contributed by atoms with Gasteiger partial charge in [0.05, 0.1) is 16.9 Å². The second-order valence-corrected chi connectivity index (χ2v) is 7.83. The standard InChI is InChI=1S/C22H25FN6O2/c1-3-14-9-15-11-25-16(10-17(15)26-22(14)31)12-28-4-6-29(7-5-28)18-8-13(2)19(21(24)30)27-20(18)23/h8-11H,3-7,12H2,1-2H3,(H2,24,30)(H,26,31). The molecule has 1 saturated heterocycles. The highest BCUT2D eigenvalue weighted by Crippen LogP contribution is 2.23. The van der Waals surface area contributed by atoms with Crippen molar-refractivity contribution >= 4 is 22.5 Å². The van der Waals surface area contributed by atoms with E-state index in [9.17, 15) is 14.0 Å². The minimum atomic E-state index is -0.733. The van der Waals surface area contributed by atoms with Crippen LogP contribution >= 0.6 is 0 Å². The number of hydrogen-bond donors (Lipinski definition) is 2. The van der Waals surface area contributed by atoms with Crippen molar-refractivity contribution < 1.29 is 9.18 Å². The van der Waals surface area contributed by atoms with E-state index in [0.717, 1.165) is 35.2 Å². The minimum Gasteiger partial charge on any atom is -0.365 e. The maximum Gasteiger partial charge on any atom is 0.267 e. The number of H-pyrrole nitrogens is 1. The number of nitrogens with two attached hydrogens (primary N) is 1. The quantitative estimate of drug-likeness (QED) is 0.604. The van der Waals surface area contributed by atoms with Gasteiger partial charge in [-0.15, -0.1) is 0 Å². The maximum absolute atomic E-state index is 14.4. The van der Waals surface area contributed by atoms with Crippen LogP contribution in [0.1, 0.15) is 34.2 Å². The van der Waals surface area contributed by atoms with E-state index in [1.54, 1.807) is 19.2 Å². The molecule has 4 rings (SSSR count). The molecule has 9 heteroatoms. The fourth-order valence-electron chi connectivity index (χ4n) is 3.96. The monoisotopic (exact) mass is 424 g/mol. The van der Waals surface area contributed by atoms with E-state index in [1.807, 2.05) is 24.0 Å². The van der Waals surface area contributed by atoms with E-state index >= 15 is 0 Å². The van der Waals surface area contributed by atoms with Gasteiger partial charge < -0.3 is 15.6 Å². The lowest BCUT2D eigenvalue weighted by Gasteiger charge is -2.36. The number of amides is 1. The van der Waals surface area contributed by atoms with Crippen LogP contribution in [0.4, 0.5) is 10.1 Å². The molecular formula is C22H25FN6O2. The predicted octanol–water partition coefficient (Wildman–Crippen LogP) is 1.75. The third-order valence-electron chi connectivity index (χ3n) is 5.72. The number of fused-ring (bicyclic) bond motifs is 1. The molecule has 8 nitrogen and oxygen atoms in total. The Hall–Kier alpha value is -3.33. The number of rotatable bonds is 5. The van der Waals surface area contributed by atoms with Gasteiger partial charge in [-0.3, -0.25) is 19.5 Å². The van der Waals surface area contributed by atoms with E-state index in [-0.39, 0.29) is 11.3 Å². The topological polar surface area (TPSA) is 108 Å². The molecule has 1 aliphatic heterocycles. The van der Waals surface area contributed by atoms with Gasteiger partial charge in [0.15, 0.2) is 0 Å². The lowest BCUT2D eigenvalue weighted by molar-refractivity contribution is 0.0994. The Morgan fingerprint density at radius 3 is 2.65 bits per heavy atom. The van der Waals surface area contributed by atoms with E-state index in [4.69, 9.17) is 5.73 Å². The molecule has 1 amide bonds. The summed E-state index contributed by atoms with van der Waals surface area (Å²) in [4.78, 5) is 38.8. The number of piperazine rings is 1. The normalized spacial score (nSPS) is 14.9. The molecule has 3 N–H and O–H groups in total. The minimum absolute atomic E-state index is 0.0358. The summed E-state index contributed by atoms with van der Waals surface area (Å²) in [6.45, 7) is 6.99. The van der Waals surface area contributed by atoms with Crippen molar-refractivity contribution in [1.82, 2.24) is 19.9 Å². The molecule has 0 bridgehead atoms. The van der Waals surface area contributed by atoms with Gasteiger partial charge in [-0.05, 0) is 37.1 Å². The van der Waals surface area contributed by atoms with Crippen molar-refractivity contribution in [2.75, 3.05) is 31.1 Å². The summed E-state index contributed by atoms with van der Waals surface area (Å²) in [6.07, 6.45) is 2.47. The van der Waals surface area contributed by atoms with Gasteiger partial charge in [0, 0.05) is 49.9 Å². The Morgan fingerprint density at radius 2 is 1.97 bits per heavy atom. The second-order valence-electron chi connectivity index (χ2n) is 7.83. The number of halogens is 1. The number of hydrogen-bond acceptors (Lipinski definition) is 6. The van der Waals surface area contributed by atoms with Crippen molar-refractivity contribution in [2.45, 2.75) is 26.8 Å². The van der Waals surface area contributed by atoms with Crippen LogP contribution in [0.25, 0.3) is 10.9 Å². The third kappa shape index (κ3) is 4.27. The first kappa shape index (κ1) is 20.9. The molecule has 1 aliphatic rings. The van der Waals surface area contributed by atoms with Crippen LogP contribution in [-0.2, 0) is 13.0 Å². The third-order valence-corrected chi connectivity index (χ3v) is 5.72. The van der Waals surface area contributed by atoms with Crippen LogP contribution in [0.2, 0.25) is 0 Å². The molecule has 0 aromatic carbocycles. The highest BCUT2D eigenvalue weighted by atomic mass is 19.1. The summed E-state index contributed by atoms with van der Waals surface area (Å²) < 4.78 is 14.4. The van der Waals surface area contributed by atoms with Gasteiger partial charge in [-0.1, -0.05) is 6.92 Å². The van der Waals surface area contributed by atoms with Gasteiger partial charge in [0.2, 0.25) is 5.95 Å². The largest absolute Gasteiger partial charge is 0.365 e. The number of primary amides is 1. The van der Waals surface area contributed by atoms with Crippen molar-refractivity contribution in [2.24, 2.45) is 5.73 Å². The molecule has 0 atom stereocenters. The van der Waals surface area contributed by atoms with E-state index in [1.165, 1.54) is 0 Å². The molecule has 31 heavy (non-hydrogen) atoms.